The molecular formula is C18H21N3O4. The van der Waals surface area contributed by atoms with Crippen LogP contribution in [0.1, 0.15) is 25.0 Å². The van der Waals surface area contributed by atoms with Gasteiger partial charge in [-0.1, -0.05) is 12.2 Å². The van der Waals surface area contributed by atoms with Gasteiger partial charge in [0, 0.05) is 6.54 Å². The summed E-state index contributed by atoms with van der Waals surface area (Å²) in [6.07, 6.45) is 8.29. The monoisotopic (exact) mass is 343 g/mol. The van der Waals surface area contributed by atoms with Gasteiger partial charge in [0.2, 0.25) is 5.91 Å². The second kappa shape index (κ2) is 6.38. The number of amides is 4. The number of urea groups is 1. The topological polar surface area (TPSA) is 91.7 Å². The van der Waals surface area contributed by atoms with Crippen molar-refractivity contribution in [3.8, 4) is 0 Å². The lowest BCUT2D eigenvalue weighted by Gasteiger charge is -2.19. The number of allylic oxidation sites excluding steroid dienone is 2. The second-order valence-electron chi connectivity index (χ2n) is 7.05. The molecule has 4 amide bonds. The molecule has 2 N–H and O–H groups in total. The molecule has 1 saturated carbocycles. The van der Waals surface area contributed by atoms with Gasteiger partial charge in [-0.15, -0.1) is 0 Å². The Morgan fingerprint density at radius 2 is 2.20 bits per heavy atom. The molecule has 2 heterocycles. The van der Waals surface area contributed by atoms with E-state index in [2.05, 4.69) is 22.8 Å². The standard InChI is InChI=1S/C18H21N3O4/c22-16(19-9-13-7-11-3-4-12(13)6-11)8-15-17(23)21(18(24)20-15)10-14-2-1-5-25-14/h1-5,11-13,15H,6-10H2,(H,19,22)(H,20,24)/t11-,12-,13-,15+/m0/s1. The minimum absolute atomic E-state index is 0.0319. The number of carbonyl (C=O) groups excluding carboxylic acids is 3. The minimum Gasteiger partial charge on any atom is -0.467 e. The highest BCUT2D eigenvalue weighted by atomic mass is 16.3. The van der Waals surface area contributed by atoms with E-state index in [1.165, 1.54) is 12.7 Å². The van der Waals surface area contributed by atoms with Crippen molar-refractivity contribution >= 4 is 17.8 Å². The second-order valence-corrected chi connectivity index (χ2v) is 7.05. The Morgan fingerprint density at radius 3 is 2.88 bits per heavy atom. The average molecular weight is 343 g/mol. The molecule has 2 fully saturated rings. The SMILES string of the molecule is O=C(C[C@H]1NC(=O)N(Cc2ccco2)C1=O)NC[C@@H]1C[C@H]2C=C[C@H]1C2. The number of hydrogen-bond acceptors (Lipinski definition) is 4. The van der Waals surface area contributed by atoms with Crippen LogP contribution in [0.15, 0.2) is 35.0 Å². The molecule has 7 heteroatoms. The van der Waals surface area contributed by atoms with Crippen LogP contribution in [0.3, 0.4) is 0 Å². The minimum atomic E-state index is -0.803. The summed E-state index contributed by atoms with van der Waals surface area (Å²) in [5, 5.41) is 5.49. The van der Waals surface area contributed by atoms with Crippen molar-refractivity contribution in [1.29, 1.82) is 0 Å². The van der Waals surface area contributed by atoms with E-state index < -0.39 is 12.1 Å². The smallest absolute Gasteiger partial charge is 0.325 e. The fourth-order valence-corrected chi connectivity index (χ4v) is 4.06. The Balaban J connectivity index is 1.27. The summed E-state index contributed by atoms with van der Waals surface area (Å²) in [7, 11) is 0. The largest absolute Gasteiger partial charge is 0.467 e. The number of imide groups is 1. The third-order valence-electron chi connectivity index (χ3n) is 5.37. The highest BCUT2D eigenvalue weighted by Gasteiger charge is 2.40. The number of fused-ring (bicyclic) bond motifs is 2. The molecule has 0 radical (unpaired) electrons. The molecule has 132 valence electrons. The summed E-state index contributed by atoms with van der Waals surface area (Å²) in [5.41, 5.74) is 0. The molecule has 4 atom stereocenters. The van der Waals surface area contributed by atoms with Gasteiger partial charge in [0.1, 0.15) is 11.8 Å². The third-order valence-corrected chi connectivity index (χ3v) is 5.37. The first-order valence-electron chi connectivity index (χ1n) is 8.69. The van der Waals surface area contributed by atoms with Crippen molar-refractivity contribution in [2.45, 2.75) is 31.8 Å². The van der Waals surface area contributed by atoms with E-state index in [-0.39, 0.29) is 24.8 Å². The van der Waals surface area contributed by atoms with E-state index in [4.69, 9.17) is 4.42 Å². The van der Waals surface area contributed by atoms with Crippen molar-refractivity contribution in [2.75, 3.05) is 6.54 Å². The lowest BCUT2D eigenvalue weighted by atomic mass is 9.93. The molecule has 0 spiro atoms. The molecule has 3 aliphatic rings. The van der Waals surface area contributed by atoms with Gasteiger partial charge in [-0.25, -0.2) is 4.79 Å². The van der Waals surface area contributed by atoms with E-state index in [9.17, 15) is 14.4 Å². The first kappa shape index (κ1) is 15.9. The van der Waals surface area contributed by atoms with Gasteiger partial charge < -0.3 is 15.1 Å². The number of nitrogens with one attached hydrogen (secondary N) is 2. The van der Waals surface area contributed by atoms with Gasteiger partial charge in [-0.2, -0.15) is 0 Å². The molecule has 1 aromatic heterocycles. The number of nitrogens with zero attached hydrogens (tertiary/aromatic N) is 1. The first-order chi connectivity index (χ1) is 12.1. The Hall–Kier alpha value is -2.57. The summed E-state index contributed by atoms with van der Waals surface area (Å²) in [5.74, 6) is 1.66. The zero-order valence-corrected chi connectivity index (χ0v) is 13.8. The van der Waals surface area contributed by atoms with Crippen molar-refractivity contribution in [1.82, 2.24) is 15.5 Å². The molecule has 1 aliphatic heterocycles. The van der Waals surface area contributed by atoms with Crippen LogP contribution in [-0.4, -0.2) is 35.3 Å². The molecule has 0 aromatic carbocycles. The van der Waals surface area contributed by atoms with Gasteiger partial charge >= 0.3 is 6.03 Å². The zero-order valence-electron chi connectivity index (χ0n) is 13.8. The van der Waals surface area contributed by atoms with Crippen LogP contribution in [0.4, 0.5) is 4.79 Å². The quantitative estimate of drug-likeness (QED) is 0.604. The van der Waals surface area contributed by atoms with E-state index >= 15 is 0 Å². The third kappa shape index (κ3) is 3.18. The molecule has 25 heavy (non-hydrogen) atoms. The van der Waals surface area contributed by atoms with Gasteiger partial charge in [-0.3, -0.25) is 14.5 Å². The highest BCUT2D eigenvalue weighted by molar-refractivity contribution is 6.05. The fourth-order valence-electron chi connectivity index (χ4n) is 4.06. The Labute approximate surface area is 145 Å². The summed E-state index contributed by atoms with van der Waals surface area (Å²) < 4.78 is 5.17. The number of carbonyl (C=O) groups is 3. The maximum Gasteiger partial charge on any atom is 0.325 e. The summed E-state index contributed by atoms with van der Waals surface area (Å²) in [6.45, 7) is 0.711. The summed E-state index contributed by atoms with van der Waals surface area (Å²) in [6, 6.07) is 2.10. The number of rotatable bonds is 6. The Morgan fingerprint density at radius 1 is 1.32 bits per heavy atom. The van der Waals surface area contributed by atoms with Crippen molar-refractivity contribution < 1.29 is 18.8 Å². The molecule has 2 aliphatic carbocycles. The van der Waals surface area contributed by atoms with Crippen LogP contribution in [0.2, 0.25) is 0 Å². The molecular weight excluding hydrogens is 322 g/mol. The summed E-state index contributed by atoms with van der Waals surface area (Å²) in [4.78, 5) is 37.6. The molecule has 1 aromatic rings. The zero-order chi connectivity index (χ0) is 17.4. The average Bonchev–Trinajstić information content (AvgIpc) is 3.36. The molecule has 4 rings (SSSR count). The fraction of sp³-hybridized carbons (Fsp3) is 0.500. The van der Waals surface area contributed by atoms with Crippen LogP contribution in [0, 0.1) is 17.8 Å². The van der Waals surface area contributed by atoms with E-state index in [0.29, 0.717) is 30.1 Å². The highest BCUT2D eigenvalue weighted by Crippen LogP contribution is 2.42. The normalized spacial score (nSPS) is 30.2. The predicted octanol–water partition coefficient (Wildman–Crippen LogP) is 1.42. The molecule has 2 bridgehead atoms. The van der Waals surface area contributed by atoms with Gasteiger partial charge in [0.05, 0.1) is 19.2 Å². The van der Waals surface area contributed by atoms with Gasteiger partial charge in [0.25, 0.3) is 5.91 Å². The molecule has 7 nitrogen and oxygen atoms in total. The van der Waals surface area contributed by atoms with E-state index in [0.717, 1.165) is 11.3 Å². The Bertz CT molecular complexity index is 712. The molecule has 1 saturated heterocycles. The summed E-state index contributed by atoms with van der Waals surface area (Å²) >= 11 is 0. The van der Waals surface area contributed by atoms with Crippen molar-refractivity contribution in [3.63, 3.8) is 0 Å². The Kier molecular flexibility index (Phi) is 4.07. The lowest BCUT2D eigenvalue weighted by Crippen LogP contribution is -2.38. The number of hydrogen-bond donors (Lipinski definition) is 2. The molecule has 0 unspecified atom stereocenters. The van der Waals surface area contributed by atoms with Gasteiger partial charge in [0.15, 0.2) is 0 Å². The first-order valence-corrected chi connectivity index (χ1v) is 8.69. The number of furan rings is 1. The van der Waals surface area contributed by atoms with E-state index in [1.54, 1.807) is 12.1 Å². The van der Waals surface area contributed by atoms with E-state index in [1.807, 2.05) is 0 Å². The van der Waals surface area contributed by atoms with Crippen LogP contribution in [0.5, 0.6) is 0 Å². The van der Waals surface area contributed by atoms with Crippen molar-refractivity contribution in [2.24, 2.45) is 17.8 Å². The van der Waals surface area contributed by atoms with Crippen molar-refractivity contribution in [3.05, 3.63) is 36.3 Å². The predicted molar refractivity (Wildman–Crippen MR) is 88.0 cm³/mol. The lowest BCUT2D eigenvalue weighted by molar-refractivity contribution is -0.131. The van der Waals surface area contributed by atoms with Crippen LogP contribution in [-0.2, 0) is 16.1 Å². The maximum absolute atomic E-state index is 12.4. The van der Waals surface area contributed by atoms with Crippen LogP contribution < -0.4 is 10.6 Å². The van der Waals surface area contributed by atoms with Crippen LogP contribution in [0.25, 0.3) is 0 Å². The van der Waals surface area contributed by atoms with Gasteiger partial charge in [-0.05, 0) is 42.7 Å². The van der Waals surface area contributed by atoms with Crippen LogP contribution >= 0.6 is 0 Å². The maximum atomic E-state index is 12.4.